The summed E-state index contributed by atoms with van der Waals surface area (Å²) in [6.07, 6.45) is 0. The van der Waals surface area contributed by atoms with Crippen LogP contribution < -0.4 is 5.32 Å². The number of rotatable bonds is 3. The molecular weight excluding hydrogens is 302 g/mol. The number of benzene rings is 2. The van der Waals surface area contributed by atoms with E-state index in [2.05, 4.69) is 21.2 Å². The first-order valence-electron chi connectivity index (χ1n) is 5.12. The summed E-state index contributed by atoms with van der Waals surface area (Å²) in [6.45, 7) is 0.531. The molecule has 0 amide bonds. The minimum absolute atomic E-state index is 0.283. The van der Waals surface area contributed by atoms with Crippen LogP contribution in [0, 0.1) is 0 Å². The lowest BCUT2D eigenvalue weighted by molar-refractivity contribution is 0.469. The van der Waals surface area contributed by atoms with Crippen LogP contribution >= 0.6 is 27.5 Å². The van der Waals surface area contributed by atoms with E-state index >= 15 is 0 Å². The number of hydrogen-bond acceptors (Lipinski definition) is 2. The van der Waals surface area contributed by atoms with Gasteiger partial charge in [-0.05, 0) is 24.3 Å². The molecule has 2 aromatic rings. The fourth-order valence-corrected chi connectivity index (χ4v) is 2.03. The predicted octanol–water partition coefficient (Wildman–Crippen LogP) is 4.42. The normalized spacial score (nSPS) is 10.2. The summed E-state index contributed by atoms with van der Waals surface area (Å²) in [4.78, 5) is 0. The maximum absolute atomic E-state index is 9.63. The quantitative estimate of drug-likeness (QED) is 0.879. The second-order valence-corrected chi connectivity index (χ2v) is 4.93. The Morgan fingerprint density at radius 2 is 1.94 bits per heavy atom. The molecule has 0 spiro atoms. The fourth-order valence-electron chi connectivity index (χ4n) is 1.48. The van der Waals surface area contributed by atoms with Gasteiger partial charge in [-0.3, -0.25) is 0 Å². The molecule has 0 aromatic heterocycles. The zero-order valence-corrected chi connectivity index (χ0v) is 11.3. The molecule has 2 aromatic carbocycles. The first-order chi connectivity index (χ1) is 8.16. The summed E-state index contributed by atoms with van der Waals surface area (Å²) in [5.74, 6) is 0.283. The lowest BCUT2D eigenvalue weighted by Crippen LogP contribution is -2.00. The van der Waals surface area contributed by atoms with Gasteiger partial charge < -0.3 is 10.4 Å². The number of nitrogens with one attached hydrogen (secondary N) is 1. The molecular formula is C13H11BrClNO. The van der Waals surface area contributed by atoms with Gasteiger partial charge in [-0.1, -0.05) is 45.7 Å². The van der Waals surface area contributed by atoms with E-state index in [1.54, 1.807) is 12.1 Å². The third kappa shape index (κ3) is 3.14. The average Bonchev–Trinajstić information content (AvgIpc) is 2.32. The Hall–Kier alpha value is -1.19. The van der Waals surface area contributed by atoms with E-state index < -0.39 is 0 Å². The lowest BCUT2D eigenvalue weighted by Gasteiger charge is -2.10. The summed E-state index contributed by atoms with van der Waals surface area (Å²) >= 11 is 9.45. The number of anilines is 1. The second kappa shape index (κ2) is 5.43. The highest BCUT2D eigenvalue weighted by Gasteiger charge is 2.03. The molecule has 4 heteroatoms. The molecule has 0 aliphatic rings. The molecule has 2 nitrogen and oxygen atoms in total. The molecule has 2 N–H and O–H groups in total. The summed E-state index contributed by atoms with van der Waals surface area (Å²) in [7, 11) is 0. The van der Waals surface area contributed by atoms with Crippen molar-refractivity contribution >= 4 is 33.2 Å². The van der Waals surface area contributed by atoms with Gasteiger partial charge in [0, 0.05) is 16.6 Å². The van der Waals surface area contributed by atoms with Crippen molar-refractivity contribution in [3.63, 3.8) is 0 Å². The van der Waals surface area contributed by atoms with Crippen molar-refractivity contribution in [1.82, 2.24) is 0 Å². The number of aromatic hydroxyl groups is 1. The molecule has 0 bridgehead atoms. The van der Waals surface area contributed by atoms with Gasteiger partial charge in [0.2, 0.25) is 0 Å². The maximum atomic E-state index is 9.63. The van der Waals surface area contributed by atoms with E-state index in [0.29, 0.717) is 11.6 Å². The summed E-state index contributed by atoms with van der Waals surface area (Å²) in [5, 5.41) is 13.5. The molecule has 0 radical (unpaired) electrons. The van der Waals surface area contributed by atoms with E-state index in [9.17, 15) is 5.11 Å². The van der Waals surface area contributed by atoms with Crippen molar-refractivity contribution in [2.24, 2.45) is 0 Å². The van der Waals surface area contributed by atoms with E-state index in [1.165, 1.54) is 0 Å². The first kappa shape index (κ1) is 12.3. The molecule has 2 rings (SSSR count). The molecule has 0 saturated carbocycles. The van der Waals surface area contributed by atoms with E-state index in [0.717, 1.165) is 15.7 Å². The van der Waals surface area contributed by atoms with E-state index in [-0.39, 0.29) is 5.75 Å². The van der Waals surface area contributed by atoms with Crippen LogP contribution in [-0.4, -0.2) is 5.11 Å². The Kier molecular flexibility index (Phi) is 3.92. The molecule has 17 heavy (non-hydrogen) atoms. The summed E-state index contributed by atoms with van der Waals surface area (Å²) < 4.78 is 0.960. The van der Waals surface area contributed by atoms with Crippen LogP contribution in [0.1, 0.15) is 5.56 Å². The summed E-state index contributed by atoms with van der Waals surface area (Å²) in [6, 6.07) is 12.8. The van der Waals surface area contributed by atoms with Crippen LogP contribution in [0.5, 0.6) is 5.75 Å². The molecule has 0 heterocycles. The van der Waals surface area contributed by atoms with Crippen molar-refractivity contribution in [1.29, 1.82) is 0 Å². The second-order valence-electron chi connectivity index (χ2n) is 3.61. The highest BCUT2D eigenvalue weighted by molar-refractivity contribution is 9.10. The van der Waals surface area contributed by atoms with Crippen molar-refractivity contribution in [2.75, 3.05) is 5.32 Å². The number of halogens is 2. The van der Waals surface area contributed by atoms with Gasteiger partial charge in [-0.25, -0.2) is 0 Å². The molecule has 0 aliphatic heterocycles. The minimum atomic E-state index is 0.283. The third-order valence-electron chi connectivity index (χ3n) is 2.39. The zero-order valence-electron chi connectivity index (χ0n) is 8.95. The lowest BCUT2D eigenvalue weighted by atomic mass is 10.2. The number of phenols is 1. The average molecular weight is 313 g/mol. The molecule has 0 atom stereocenters. The van der Waals surface area contributed by atoms with Crippen LogP contribution in [0.2, 0.25) is 5.02 Å². The van der Waals surface area contributed by atoms with Crippen molar-refractivity contribution in [3.05, 3.63) is 57.5 Å². The van der Waals surface area contributed by atoms with Crippen LogP contribution in [0.25, 0.3) is 0 Å². The molecule has 0 unspecified atom stereocenters. The molecule has 0 fully saturated rings. The van der Waals surface area contributed by atoms with E-state index in [1.807, 2.05) is 30.3 Å². The molecule has 0 saturated heterocycles. The fraction of sp³-hybridized carbons (Fsp3) is 0.0769. The SMILES string of the molecule is Oc1ccccc1CNc1cc(Br)ccc1Cl. The van der Waals surface area contributed by atoms with Crippen LogP contribution in [0.4, 0.5) is 5.69 Å². The molecule has 88 valence electrons. The van der Waals surface area contributed by atoms with Gasteiger partial charge in [0.15, 0.2) is 0 Å². The van der Waals surface area contributed by atoms with Gasteiger partial charge in [0.25, 0.3) is 0 Å². The monoisotopic (exact) mass is 311 g/mol. The highest BCUT2D eigenvalue weighted by atomic mass is 79.9. The summed E-state index contributed by atoms with van der Waals surface area (Å²) in [5.41, 5.74) is 1.67. The van der Waals surface area contributed by atoms with Crippen LogP contribution in [0.3, 0.4) is 0 Å². The van der Waals surface area contributed by atoms with Crippen LogP contribution in [-0.2, 0) is 6.54 Å². The number of phenolic OH excluding ortho intramolecular Hbond substituents is 1. The Labute approximate surface area is 113 Å². The maximum Gasteiger partial charge on any atom is 0.120 e. The predicted molar refractivity (Wildman–Crippen MR) is 74.6 cm³/mol. The van der Waals surface area contributed by atoms with Gasteiger partial charge in [-0.2, -0.15) is 0 Å². The number of para-hydroxylation sites is 1. The smallest absolute Gasteiger partial charge is 0.120 e. The van der Waals surface area contributed by atoms with Crippen molar-refractivity contribution in [2.45, 2.75) is 6.54 Å². The van der Waals surface area contributed by atoms with Gasteiger partial charge >= 0.3 is 0 Å². The van der Waals surface area contributed by atoms with Gasteiger partial charge in [0.1, 0.15) is 5.75 Å². The standard InChI is InChI=1S/C13H11BrClNO/c14-10-5-6-11(15)12(7-10)16-8-9-3-1-2-4-13(9)17/h1-7,16-17H,8H2. The Bertz CT molecular complexity index is 531. The van der Waals surface area contributed by atoms with Crippen LogP contribution in [0.15, 0.2) is 46.9 Å². The topological polar surface area (TPSA) is 32.3 Å². The Balaban J connectivity index is 2.12. The largest absolute Gasteiger partial charge is 0.508 e. The highest BCUT2D eigenvalue weighted by Crippen LogP contribution is 2.27. The van der Waals surface area contributed by atoms with Gasteiger partial charge in [0.05, 0.1) is 10.7 Å². The first-order valence-corrected chi connectivity index (χ1v) is 6.30. The third-order valence-corrected chi connectivity index (χ3v) is 3.21. The van der Waals surface area contributed by atoms with E-state index in [4.69, 9.17) is 11.6 Å². The van der Waals surface area contributed by atoms with Crippen molar-refractivity contribution in [3.8, 4) is 5.75 Å². The number of hydrogen-bond donors (Lipinski definition) is 2. The van der Waals surface area contributed by atoms with Crippen molar-refractivity contribution < 1.29 is 5.11 Å². The Morgan fingerprint density at radius 1 is 1.18 bits per heavy atom. The zero-order chi connectivity index (χ0) is 12.3. The van der Waals surface area contributed by atoms with Gasteiger partial charge in [-0.15, -0.1) is 0 Å². The minimum Gasteiger partial charge on any atom is -0.508 e. The molecule has 0 aliphatic carbocycles. The Morgan fingerprint density at radius 3 is 2.71 bits per heavy atom.